The van der Waals surface area contributed by atoms with Gasteiger partial charge in [-0.2, -0.15) is 18.3 Å². The number of carbonyl (C=O) groups excluding carboxylic acids is 2. The largest absolute Gasteiger partial charge is 0.418 e. The first-order valence-electron chi connectivity index (χ1n) is 8.24. The highest BCUT2D eigenvalue weighted by Gasteiger charge is 2.33. The van der Waals surface area contributed by atoms with E-state index < -0.39 is 35.4 Å². The van der Waals surface area contributed by atoms with Crippen molar-refractivity contribution in [1.29, 1.82) is 0 Å². The second-order valence-electron chi connectivity index (χ2n) is 5.62. The van der Waals surface area contributed by atoms with E-state index in [2.05, 4.69) is 15.7 Å². The highest BCUT2D eigenvalue weighted by Crippen LogP contribution is 2.34. The Kier molecular flexibility index (Phi) is 7.68. The molecule has 1 heterocycles. The first-order valence-corrected chi connectivity index (χ1v) is 9.61. The lowest BCUT2D eigenvalue weighted by atomic mass is 10.1. The number of thioether (sulfide) groups is 1. The van der Waals surface area contributed by atoms with Gasteiger partial charge in [0.15, 0.2) is 0 Å². The van der Waals surface area contributed by atoms with E-state index in [4.69, 9.17) is 11.6 Å². The molecule has 0 radical (unpaired) electrons. The second-order valence-corrected chi connectivity index (χ2v) is 7.01. The zero-order valence-electron chi connectivity index (χ0n) is 15.0. The van der Waals surface area contributed by atoms with Crippen LogP contribution in [0.5, 0.6) is 0 Å². The van der Waals surface area contributed by atoms with Crippen LogP contribution < -0.4 is 16.2 Å². The summed E-state index contributed by atoms with van der Waals surface area (Å²) in [5.74, 6) is -1.11. The Bertz CT molecular complexity index is 966. The molecule has 0 saturated heterocycles. The quantitative estimate of drug-likeness (QED) is 0.635. The number of para-hydroxylation sites is 1. The van der Waals surface area contributed by atoms with E-state index >= 15 is 0 Å². The molecule has 2 N–H and O–H groups in total. The Balaban J connectivity index is 2.11. The lowest BCUT2D eigenvalue weighted by molar-refractivity contribution is -0.137. The van der Waals surface area contributed by atoms with Gasteiger partial charge in [0.25, 0.3) is 5.56 Å². The predicted octanol–water partition coefficient (Wildman–Crippen LogP) is 2.78. The molecule has 0 atom stereocenters. The van der Waals surface area contributed by atoms with Crippen LogP contribution >= 0.6 is 23.4 Å². The van der Waals surface area contributed by atoms with Gasteiger partial charge in [0, 0.05) is 6.54 Å². The molecule has 0 aliphatic heterocycles. The Hall–Kier alpha value is -2.53. The molecule has 0 aliphatic rings. The lowest BCUT2D eigenvalue weighted by Crippen LogP contribution is -2.30. The Labute approximate surface area is 172 Å². The molecule has 0 saturated carbocycles. The van der Waals surface area contributed by atoms with Crippen LogP contribution in [0.25, 0.3) is 0 Å². The SMILES string of the molecule is CCNC(=O)CSc1cnn(CC(=O)Nc2ccccc2C(F)(F)F)c(=O)c1Cl. The van der Waals surface area contributed by atoms with Crippen molar-refractivity contribution < 1.29 is 22.8 Å². The van der Waals surface area contributed by atoms with Gasteiger partial charge in [0.1, 0.15) is 11.6 Å². The number of alkyl halides is 3. The first kappa shape index (κ1) is 22.8. The Morgan fingerprint density at radius 2 is 1.93 bits per heavy atom. The van der Waals surface area contributed by atoms with Gasteiger partial charge in [0.2, 0.25) is 11.8 Å². The molecule has 0 spiro atoms. The van der Waals surface area contributed by atoms with E-state index in [0.717, 1.165) is 28.6 Å². The van der Waals surface area contributed by atoms with E-state index in [-0.39, 0.29) is 21.6 Å². The lowest BCUT2D eigenvalue weighted by Gasteiger charge is -2.14. The maximum absolute atomic E-state index is 13.0. The van der Waals surface area contributed by atoms with E-state index in [1.54, 1.807) is 6.92 Å². The van der Waals surface area contributed by atoms with Crippen molar-refractivity contribution in [3.63, 3.8) is 0 Å². The third-order valence-corrected chi connectivity index (χ3v) is 4.99. The molecule has 2 aromatic rings. The molecule has 1 aromatic carbocycles. The topological polar surface area (TPSA) is 93.1 Å². The number of carbonyl (C=O) groups is 2. The predicted molar refractivity (Wildman–Crippen MR) is 103 cm³/mol. The van der Waals surface area contributed by atoms with Crippen molar-refractivity contribution in [2.24, 2.45) is 0 Å². The van der Waals surface area contributed by atoms with Crippen LogP contribution in [0.4, 0.5) is 18.9 Å². The first-order chi connectivity index (χ1) is 13.6. The average Bonchev–Trinajstić information content (AvgIpc) is 2.64. The number of nitrogens with one attached hydrogen (secondary N) is 2. The Morgan fingerprint density at radius 1 is 1.24 bits per heavy atom. The molecule has 7 nitrogen and oxygen atoms in total. The number of benzene rings is 1. The standard InChI is InChI=1S/C17H16ClF3N4O3S/c1-2-22-14(27)9-29-12-7-23-25(16(28)15(12)18)8-13(26)24-11-6-4-3-5-10(11)17(19,20)21/h3-7H,2,8-9H2,1H3,(H,22,27)(H,24,26). The van der Waals surface area contributed by atoms with Gasteiger partial charge in [-0.05, 0) is 19.1 Å². The van der Waals surface area contributed by atoms with Gasteiger partial charge in [0.05, 0.1) is 28.1 Å². The van der Waals surface area contributed by atoms with E-state index in [1.807, 2.05) is 0 Å². The fourth-order valence-electron chi connectivity index (χ4n) is 2.22. The van der Waals surface area contributed by atoms with Crippen LogP contribution in [0.15, 0.2) is 40.2 Å². The molecule has 156 valence electrons. The van der Waals surface area contributed by atoms with Crippen LogP contribution in [0.3, 0.4) is 0 Å². The number of anilines is 1. The van der Waals surface area contributed by atoms with Crippen LogP contribution in [-0.2, 0) is 22.3 Å². The van der Waals surface area contributed by atoms with Crippen molar-refractivity contribution in [1.82, 2.24) is 15.1 Å². The van der Waals surface area contributed by atoms with Crippen molar-refractivity contribution in [2.75, 3.05) is 17.6 Å². The average molecular weight is 449 g/mol. The summed E-state index contributed by atoms with van der Waals surface area (Å²) in [5.41, 5.74) is -2.24. The highest BCUT2D eigenvalue weighted by molar-refractivity contribution is 8.00. The zero-order chi connectivity index (χ0) is 21.6. The van der Waals surface area contributed by atoms with Gasteiger partial charge in [-0.1, -0.05) is 23.7 Å². The van der Waals surface area contributed by atoms with Crippen molar-refractivity contribution >= 4 is 40.9 Å². The third-order valence-electron chi connectivity index (χ3n) is 3.49. The summed E-state index contributed by atoms with van der Waals surface area (Å²) in [5, 5.41) is 8.27. The minimum absolute atomic E-state index is 0.0212. The van der Waals surface area contributed by atoms with Gasteiger partial charge in [-0.15, -0.1) is 11.8 Å². The normalized spacial score (nSPS) is 11.2. The summed E-state index contributed by atoms with van der Waals surface area (Å²) in [6.07, 6.45) is -3.43. The summed E-state index contributed by atoms with van der Waals surface area (Å²) in [6, 6.07) is 4.47. The highest BCUT2D eigenvalue weighted by atomic mass is 35.5. The molecule has 29 heavy (non-hydrogen) atoms. The minimum Gasteiger partial charge on any atom is -0.356 e. The Morgan fingerprint density at radius 3 is 2.59 bits per heavy atom. The molecular weight excluding hydrogens is 433 g/mol. The van der Waals surface area contributed by atoms with Crippen molar-refractivity contribution in [3.05, 3.63) is 51.4 Å². The molecule has 12 heteroatoms. The van der Waals surface area contributed by atoms with E-state index in [9.17, 15) is 27.6 Å². The number of hydrogen-bond donors (Lipinski definition) is 2. The zero-order valence-corrected chi connectivity index (χ0v) is 16.6. The summed E-state index contributed by atoms with van der Waals surface area (Å²) in [4.78, 5) is 36.1. The van der Waals surface area contributed by atoms with Gasteiger partial charge in [-0.25, -0.2) is 4.68 Å². The molecule has 0 unspecified atom stereocenters. The summed E-state index contributed by atoms with van der Waals surface area (Å²) >= 11 is 6.98. The number of aromatic nitrogens is 2. The molecule has 2 amide bonds. The number of amides is 2. The third kappa shape index (κ3) is 6.23. The molecule has 2 rings (SSSR count). The summed E-state index contributed by atoms with van der Waals surface area (Å²) < 4.78 is 39.7. The van der Waals surface area contributed by atoms with E-state index in [0.29, 0.717) is 6.54 Å². The van der Waals surface area contributed by atoms with Crippen LogP contribution in [0, 0.1) is 0 Å². The van der Waals surface area contributed by atoms with Crippen molar-refractivity contribution in [2.45, 2.75) is 24.5 Å². The fourth-order valence-corrected chi connectivity index (χ4v) is 3.25. The molecular formula is C17H16ClF3N4O3S. The number of halogens is 4. The molecule has 1 aromatic heterocycles. The van der Waals surface area contributed by atoms with Gasteiger partial charge >= 0.3 is 6.18 Å². The maximum atomic E-state index is 13.0. The van der Waals surface area contributed by atoms with Gasteiger partial charge < -0.3 is 10.6 Å². The molecule has 0 aliphatic carbocycles. The minimum atomic E-state index is -4.65. The number of nitrogens with zero attached hydrogens (tertiary/aromatic N) is 2. The number of hydrogen-bond acceptors (Lipinski definition) is 5. The number of rotatable bonds is 7. The summed E-state index contributed by atoms with van der Waals surface area (Å²) in [7, 11) is 0. The van der Waals surface area contributed by atoms with Gasteiger partial charge in [-0.3, -0.25) is 14.4 Å². The van der Waals surface area contributed by atoms with E-state index in [1.165, 1.54) is 18.3 Å². The van der Waals surface area contributed by atoms with Crippen molar-refractivity contribution in [3.8, 4) is 0 Å². The van der Waals surface area contributed by atoms with Crippen LogP contribution in [-0.4, -0.2) is 33.9 Å². The molecule has 0 fully saturated rings. The second kappa shape index (κ2) is 9.79. The van der Waals surface area contributed by atoms with Crippen LogP contribution in [0.2, 0.25) is 5.02 Å². The van der Waals surface area contributed by atoms with Crippen LogP contribution in [0.1, 0.15) is 12.5 Å². The smallest absolute Gasteiger partial charge is 0.356 e. The monoisotopic (exact) mass is 448 g/mol. The molecule has 0 bridgehead atoms. The fraction of sp³-hybridized carbons (Fsp3) is 0.294. The maximum Gasteiger partial charge on any atom is 0.418 e. The summed E-state index contributed by atoms with van der Waals surface area (Å²) in [6.45, 7) is 1.59.